The van der Waals surface area contributed by atoms with Crippen LogP contribution < -0.4 is 4.74 Å². The van der Waals surface area contributed by atoms with Gasteiger partial charge in [-0.3, -0.25) is 4.79 Å². The van der Waals surface area contributed by atoms with E-state index in [2.05, 4.69) is 15.0 Å². The molecule has 1 saturated heterocycles. The zero-order chi connectivity index (χ0) is 19.2. The summed E-state index contributed by atoms with van der Waals surface area (Å²) in [5.41, 5.74) is 2.70. The van der Waals surface area contributed by atoms with Gasteiger partial charge < -0.3 is 14.4 Å². The number of nitrogens with zero attached hydrogens (tertiary/aromatic N) is 4. The predicted molar refractivity (Wildman–Crippen MR) is 101 cm³/mol. The summed E-state index contributed by atoms with van der Waals surface area (Å²) in [4.78, 5) is 27.7. The third kappa shape index (κ3) is 4.60. The Labute approximate surface area is 159 Å². The molecule has 1 fully saturated rings. The number of carbonyl (C=O) groups excluding carboxylic acids is 1. The molecule has 144 valence electrons. The number of amides is 1. The number of ether oxygens (including phenoxy) is 2. The maximum absolute atomic E-state index is 12.7. The Morgan fingerprint density at radius 1 is 1.22 bits per heavy atom. The molecule has 0 aliphatic carbocycles. The van der Waals surface area contributed by atoms with E-state index in [1.807, 2.05) is 24.9 Å². The molecule has 2 aromatic heterocycles. The molecule has 0 spiro atoms. The molecule has 0 radical (unpaired) electrons. The van der Waals surface area contributed by atoms with Gasteiger partial charge in [0.15, 0.2) is 0 Å². The lowest BCUT2D eigenvalue weighted by Crippen LogP contribution is -2.38. The van der Waals surface area contributed by atoms with Crippen LogP contribution in [0.25, 0.3) is 0 Å². The van der Waals surface area contributed by atoms with Gasteiger partial charge in [-0.1, -0.05) is 0 Å². The zero-order valence-electron chi connectivity index (χ0n) is 16.1. The second kappa shape index (κ2) is 8.90. The SMILES string of the molecule is CCOCc1cnc(C)nc1C1CCN(C(=O)c2ccc(OC)nc2)CC1. The highest BCUT2D eigenvalue weighted by atomic mass is 16.5. The summed E-state index contributed by atoms with van der Waals surface area (Å²) in [5, 5.41) is 0. The molecule has 1 aliphatic rings. The van der Waals surface area contributed by atoms with Gasteiger partial charge in [-0.15, -0.1) is 0 Å². The van der Waals surface area contributed by atoms with E-state index in [9.17, 15) is 4.79 Å². The number of methoxy groups -OCH3 is 1. The van der Waals surface area contributed by atoms with Crippen LogP contribution in [-0.2, 0) is 11.3 Å². The summed E-state index contributed by atoms with van der Waals surface area (Å²) >= 11 is 0. The van der Waals surface area contributed by atoms with Gasteiger partial charge in [0, 0.05) is 49.6 Å². The molecule has 1 aliphatic heterocycles. The fraction of sp³-hybridized carbons (Fsp3) is 0.500. The number of carbonyl (C=O) groups is 1. The van der Waals surface area contributed by atoms with E-state index < -0.39 is 0 Å². The standard InChI is InChI=1S/C20H26N4O3/c1-4-27-13-17-12-21-14(2)23-19(17)15-7-9-24(10-8-15)20(25)16-5-6-18(26-3)22-11-16/h5-6,11-12,15H,4,7-10,13H2,1-3H3. The summed E-state index contributed by atoms with van der Waals surface area (Å²) < 4.78 is 10.6. The van der Waals surface area contributed by atoms with Crippen LogP contribution in [0.2, 0.25) is 0 Å². The van der Waals surface area contributed by atoms with Gasteiger partial charge in [0.2, 0.25) is 5.88 Å². The van der Waals surface area contributed by atoms with Crippen molar-refractivity contribution in [1.29, 1.82) is 0 Å². The van der Waals surface area contributed by atoms with E-state index in [0.717, 1.165) is 29.9 Å². The second-order valence-electron chi connectivity index (χ2n) is 6.62. The quantitative estimate of drug-likeness (QED) is 0.778. The maximum Gasteiger partial charge on any atom is 0.255 e. The van der Waals surface area contributed by atoms with E-state index in [0.29, 0.717) is 43.7 Å². The highest BCUT2D eigenvalue weighted by Crippen LogP contribution is 2.30. The fourth-order valence-corrected chi connectivity index (χ4v) is 3.36. The van der Waals surface area contributed by atoms with Gasteiger partial charge in [-0.05, 0) is 32.8 Å². The Morgan fingerprint density at radius 2 is 2.00 bits per heavy atom. The van der Waals surface area contributed by atoms with E-state index in [4.69, 9.17) is 9.47 Å². The van der Waals surface area contributed by atoms with Gasteiger partial charge in [0.05, 0.1) is 25.0 Å². The molecule has 7 heteroatoms. The molecule has 0 bridgehead atoms. The number of hydrogen-bond acceptors (Lipinski definition) is 6. The first-order valence-electron chi connectivity index (χ1n) is 9.31. The van der Waals surface area contributed by atoms with Gasteiger partial charge >= 0.3 is 0 Å². The highest BCUT2D eigenvalue weighted by Gasteiger charge is 2.27. The molecule has 1 amide bonds. The smallest absolute Gasteiger partial charge is 0.255 e. The van der Waals surface area contributed by atoms with Crippen molar-refractivity contribution in [2.75, 3.05) is 26.8 Å². The molecule has 3 heterocycles. The van der Waals surface area contributed by atoms with Gasteiger partial charge in [0.1, 0.15) is 5.82 Å². The largest absolute Gasteiger partial charge is 0.481 e. The third-order valence-corrected chi connectivity index (χ3v) is 4.84. The van der Waals surface area contributed by atoms with Gasteiger partial charge in [0.25, 0.3) is 5.91 Å². The lowest BCUT2D eigenvalue weighted by atomic mass is 9.90. The van der Waals surface area contributed by atoms with Crippen LogP contribution >= 0.6 is 0 Å². The molecular formula is C20H26N4O3. The molecule has 3 rings (SSSR count). The summed E-state index contributed by atoms with van der Waals surface area (Å²) in [6.45, 7) is 6.48. The number of piperidine rings is 1. The summed E-state index contributed by atoms with van der Waals surface area (Å²) in [7, 11) is 1.56. The number of likely N-dealkylation sites (tertiary alicyclic amines) is 1. The molecule has 27 heavy (non-hydrogen) atoms. The van der Waals surface area contributed by atoms with Crippen molar-refractivity contribution in [2.45, 2.75) is 39.2 Å². The van der Waals surface area contributed by atoms with E-state index in [1.54, 1.807) is 25.4 Å². The van der Waals surface area contributed by atoms with Crippen molar-refractivity contribution >= 4 is 5.91 Å². The van der Waals surface area contributed by atoms with Crippen LogP contribution in [0.1, 0.15) is 53.1 Å². The second-order valence-corrected chi connectivity index (χ2v) is 6.62. The number of hydrogen-bond donors (Lipinski definition) is 0. The monoisotopic (exact) mass is 370 g/mol. The molecule has 0 unspecified atom stereocenters. The van der Waals surface area contributed by atoms with Crippen LogP contribution in [0, 0.1) is 6.92 Å². The van der Waals surface area contributed by atoms with Crippen LogP contribution in [-0.4, -0.2) is 52.6 Å². The van der Waals surface area contributed by atoms with E-state index in [-0.39, 0.29) is 5.91 Å². The fourth-order valence-electron chi connectivity index (χ4n) is 3.36. The minimum atomic E-state index is 0.0111. The molecule has 2 aromatic rings. The Balaban J connectivity index is 1.66. The topological polar surface area (TPSA) is 77.4 Å². The third-order valence-electron chi connectivity index (χ3n) is 4.84. The first-order chi connectivity index (χ1) is 13.1. The van der Waals surface area contributed by atoms with Crippen LogP contribution in [0.5, 0.6) is 5.88 Å². The molecule has 0 aromatic carbocycles. The summed E-state index contributed by atoms with van der Waals surface area (Å²) in [6, 6.07) is 3.47. The number of pyridine rings is 1. The lowest BCUT2D eigenvalue weighted by molar-refractivity contribution is 0.0710. The molecule has 0 atom stereocenters. The van der Waals surface area contributed by atoms with Crippen molar-refractivity contribution < 1.29 is 14.3 Å². The average Bonchev–Trinajstić information content (AvgIpc) is 2.72. The first kappa shape index (κ1) is 19.2. The normalized spacial score (nSPS) is 15.0. The summed E-state index contributed by atoms with van der Waals surface area (Å²) in [5.74, 6) is 1.61. The average molecular weight is 370 g/mol. The minimum Gasteiger partial charge on any atom is -0.481 e. The molecule has 0 saturated carbocycles. The highest BCUT2D eigenvalue weighted by molar-refractivity contribution is 5.94. The molecule has 7 nitrogen and oxygen atoms in total. The number of rotatable bonds is 6. The Hall–Kier alpha value is -2.54. The van der Waals surface area contributed by atoms with Gasteiger partial charge in [-0.2, -0.15) is 0 Å². The predicted octanol–water partition coefficient (Wildman–Crippen LogP) is 2.74. The Morgan fingerprint density at radius 3 is 2.63 bits per heavy atom. The van der Waals surface area contributed by atoms with Crippen LogP contribution in [0.15, 0.2) is 24.5 Å². The van der Waals surface area contributed by atoms with Crippen LogP contribution in [0.3, 0.4) is 0 Å². The van der Waals surface area contributed by atoms with Crippen molar-refractivity contribution in [1.82, 2.24) is 19.9 Å². The van der Waals surface area contributed by atoms with Crippen molar-refractivity contribution in [3.63, 3.8) is 0 Å². The maximum atomic E-state index is 12.7. The van der Waals surface area contributed by atoms with Crippen molar-refractivity contribution in [3.8, 4) is 5.88 Å². The van der Waals surface area contributed by atoms with Gasteiger partial charge in [-0.25, -0.2) is 15.0 Å². The Bertz CT molecular complexity index is 771. The molecular weight excluding hydrogens is 344 g/mol. The van der Waals surface area contributed by atoms with E-state index in [1.165, 1.54) is 0 Å². The van der Waals surface area contributed by atoms with Crippen molar-refractivity contribution in [3.05, 3.63) is 47.2 Å². The Kier molecular flexibility index (Phi) is 6.34. The zero-order valence-corrected chi connectivity index (χ0v) is 16.1. The lowest BCUT2D eigenvalue weighted by Gasteiger charge is -2.32. The van der Waals surface area contributed by atoms with Crippen LogP contribution in [0.4, 0.5) is 0 Å². The minimum absolute atomic E-state index is 0.0111. The molecule has 0 N–H and O–H groups in total. The number of aryl methyl sites for hydroxylation is 1. The van der Waals surface area contributed by atoms with E-state index >= 15 is 0 Å². The first-order valence-corrected chi connectivity index (χ1v) is 9.31. The number of aromatic nitrogens is 3. The van der Waals surface area contributed by atoms with Crippen molar-refractivity contribution in [2.24, 2.45) is 0 Å². The summed E-state index contributed by atoms with van der Waals surface area (Å²) in [6.07, 6.45) is 5.20.